The summed E-state index contributed by atoms with van der Waals surface area (Å²) in [6.07, 6.45) is 3.40. The number of aromatic nitrogens is 3. The number of ether oxygens (including phenoxy) is 1. The van der Waals surface area contributed by atoms with Crippen LogP contribution in [0.1, 0.15) is 25.1 Å². The van der Waals surface area contributed by atoms with Crippen molar-refractivity contribution in [1.29, 1.82) is 0 Å². The van der Waals surface area contributed by atoms with Gasteiger partial charge in [-0.1, -0.05) is 19.1 Å². The number of anilines is 2. The first-order chi connectivity index (χ1) is 15.2. The van der Waals surface area contributed by atoms with E-state index in [9.17, 15) is 18.0 Å². The van der Waals surface area contributed by atoms with Crippen LogP contribution in [0.15, 0.2) is 46.9 Å². The third kappa shape index (κ3) is 5.78. The van der Waals surface area contributed by atoms with Crippen molar-refractivity contribution in [2.75, 3.05) is 11.4 Å². The third-order valence-corrected chi connectivity index (χ3v) is 6.66. The number of thiazole rings is 1. The summed E-state index contributed by atoms with van der Waals surface area (Å²) in [6, 6.07) is 7.62. The van der Waals surface area contributed by atoms with Gasteiger partial charge in [-0.05, 0) is 24.1 Å². The van der Waals surface area contributed by atoms with Crippen LogP contribution in [0.25, 0.3) is 0 Å². The second kappa shape index (κ2) is 10.0. The van der Waals surface area contributed by atoms with Gasteiger partial charge in [0.1, 0.15) is 18.0 Å². The second-order valence-corrected chi connectivity index (χ2v) is 9.43. The zero-order chi connectivity index (χ0) is 23.3. The van der Waals surface area contributed by atoms with Crippen LogP contribution >= 0.6 is 11.3 Å². The van der Waals surface area contributed by atoms with Gasteiger partial charge in [0.25, 0.3) is 0 Å². The van der Waals surface area contributed by atoms with Crippen LogP contribution in [0.5, 0.6) is 0 Å². The van der Waals surface area contributed by atoms with E-state index in [0.717, 1.165) is 12.0 Å². The van der Waals surface area contributed by atoms with Crippen LogP contribution in [-0.2, 0) is 44.4 Å². The van der Waals surface area contributed by atoms with E-state index >= 15 is 0 Å². The third-order valence-electron chi connectivity index (χ3n) is 4.43. The predicted octanol–water partition coefficient (Wildman–Crippen LogP) is 2.15. The maximum absolute atomic E-state index is 12.2. The molecule has 0 aliphatic rings. The molecule has 0 spiro atoms. The van der Waals surface area contributed by atoms with Crippen molar-refractivity contribution in [3.05, 3.63) is 53.3 Å². The second-order valence-electron chi connectivity index (χ2n) is 6.83. The van der Waals surface area contributed by atoms with Crippen LogP contribution in [0.3, 0.4) is 0 Å². The van der Waals surface area contributed by atoms with Gasteiger partial charge in [0.2, 0.25) is 15.9 Å². The van der Waals surface area contributed by atoms with Crippen molar-refractivity contribution in [2.24, 2.45) is 7.05 Å². The number of esters is 1. The summed E-state index contributed by atoms with van der Waals surface area (Å²) in [5.74, 6) is -0.956. The van der Waals surface area contributed by atoms with Crippen molar-refractivity contribution in [3.63, 3.8) is 0 Å². The van der Waals surface area contributed by atoms with Crippen molar-refractivity contribution in [3.8, 4) is 0 Å². The molecule has 0 bridgehead atoms. The Kier molecular flexibility index (Phi) is 7.38. The van der Waals surface area contributed by atoms with E-state index in [4.69, 9.17) is 4.74 Å². The van der Waals surface area contributed by atoms with Crippen molar-refractivity contribution in [2.45, 2.75) is 31.8 Å². The van der Waals surface area contributed by atoms with E-state index in [1.807, 2.05) is 24.3 Å². The molecule has 12 heteroatoms. The van der Waals surface area contributed by atoms with Gasteiger partial charge in [-0.15, -0.1) is 11.3 Å². The fraction of sp³-hybridized carbons (Fsp3) is 0.300. The van der Waals surface area contributed by atoms with E-state index in [1.165, 1.54) is 40.2 Å². The molecule has 3 aromatic rings. The first kappa shape index (κ1) is 23.6. The fourth-order valence-corrected chi connectivity index (χ4v) is 4.58. The van der Waals surface area contributed by atoms with E-state index < -0.39 is 22.5 Å². The van der Waals surface area contributed by atoms with E-state index in [1.54, 1.807) is 12.4 Å². The molecule has 1 amide bonds. The maximum Gasteiger partial charge on any atom is 0.321 e. The molecule has 0 aliphatic carbocycles. The Hall–Kier alpha value is -3.09. The standard InChI is InChI=1S/C20H23N5O5S2/c1-4-15-5-7-17(8-6-15)25(14(2)26)20-23-16(13-31-20)12-30-19(27)10-22-32(28,29)18-9-21-24(3)11-18/h5-9,11,13,22H,4,10,12H2,1-3H3. The highest BCUT2D eigenvalue weighted by atomic mass is 32.2. The van der Waals surface area contributed by atoms with Crippen molar-refractivity contribution < 1.29 is 22.7 Å². The lowest BCUT2D eigenvalue weighted by molar-refractivity contribution is -0.143. The van der Waals surface area contributed by atoms with Crippen LogP contribution in [0, 0.1) is 0 Å². The summed E-state index contributed by atoms with van der Waals surface area (Å²) in [5.41, 5.74) is 2.30. The summed E-state index contributed by atoms with van der Waals surface area (Å²) in [7, 11) is -2.28. The largest absolute Gasteiger partial charge is 0.458 e. The van der Waals surface area contributed by atoms with Gasteiger partial charge in [-0.25, -0.2) is 13.4 Å². The highest BCUT2D eigenvalue weighted by Gasteiger charge is 2.20. The molecule has 170 valence electrons. The Morgan fingerprint density at radius 2 is 1.97 bits per heavy atom. The Labute approximate surface area is 189 Å². The molecule has 0 radical (unpaired) electrons. The molecule has 1 aromatic carbocycles. The SMILES string of the molecule is CCc1ccc(N(C(C)=O)c2nc(COC(=O)CNS(=O)(=O)c3cnn(C)c3)cs2)cc1. The fourth-order valence-electron chi connectivity index (χ4n) is 2.75. The van der Waals surface area contributed by atoms with Gasteiger partial charge in [0, 0.05) is 25.5 Å². The average molecular weight is 478 g/mol. The number of amides is 1. The lowest BCUT2D eigenvalue weighted by atomic mass is 10.1. The number of aryl methyl sites for hydroxylation is 2. The molecule has 0 fully saturated rings. The van der Waals surface area contributed by atoms with Crippen LogP contribution < -0.4 is 9.62 Å². The molecule has 32 heavy (non-hydrogen) atoms. The number of nitrogens with zero attached hydrogens (tertiary/aromatic N) is 4. The Balaban J connectivity index is 1.59. The van der Waals surface area contributed by atoms with Gasteiger partial charge in [-0.3, -0.25) is 19.2 Å². The number of sulfonamides is 1. The Morgan fingerprint density at radius 3 is 2.56 bits per heavy atom. The Morgan fingerprint density at radius 1 is 1.25 bits per heavy atom. The number of hydrogen-bond donors (Lipinski definition) is 1. The highest BCUT2D eigenvalue weighted by Crippen LogP contribution is 2.29. The highest BCUT2D eigenvalue weighted by molar-refractivity contribution is 7.89. The Bertz CT molecular complexity index is 1200. The summed E-state index contributed by atoms with van der Waals surface area (Å²) in [6.45, 7) is 2.82. The lowest BCUT2D eigenvalue weighted by Gasteiger charge is -2.18. The van der Waals surface area contributed by atoms with Crippen molar-refractivity contribution >= 4 is 44.1 Å². The minimum atomic E-state index is -3.86. The number of rotatable bonds is 9. The molecule has 0 aliphatic heterocycles. The minimum absolute atomic E-state index is 0.0479. The summed E-state index contributed by atoms with van der Waals surface area (Å²) in [4.78, 5) is 30.0. The molecule has 0 unspecified atom stereocenters. The van der Waals surface area contributed by atoms with Crippen LogP contribution in [0.2, 0.25) is 0 Å². The molecule has 0 saturated heterocycles. The molecule has 3 rings (SSSR count). The molecule has 2 heterocycles. The zero-order valence-electron chi connectivity index (χ0n) is 17.8. The molecule has 10 nitrogen and oxygen atoms in total. The lowest BCUT2D eigenvalue weighted by Crippen LogP contribution is -2.30. The van der Waals surface area contributed by atoms with E-state index in [2.05, 4.69) is 21.7 Å². The minimum Gasteiger partial charge on any atom is -0.458 e. The smallest absolute Gasteiger partial charge is 0.321 e. The number of benzene rings is 1. The van der Waals surface area contributed by atoms with Gasteiger partial charge in [0.05, 0.1) is 17.6 Å². The average Bonchev–Trinajstić information content (AvgIpc) is 3.41. The van der Waals surface area contributed by atoms with Gasteiger partial charge in [-0.2, -0.15) is 9.82 Å². The number of hydrogen-bond acceptors (Lipinski definition) is 8. The van der Waals surface area contributed by atoms with E-state index in [0.29, 0.717) is 16.5 Å². The summed E-state index contributed by atoms with van der Waals surface area (Å²) >= 11 is 1.24. The molecule has 1 N–H and O–H groups in total. The summed E-state index contributed by atoms with van der Waals surface area (Å²) < 4.78 is 32.9. The quantitative estimate of drug-likeness (QED) is 0.468. The molecule has 0 saturated carbocycles. The molecule has 0 atom stereocenters. The predicted molar refractivity (Wildman–Crippen MR) is 119 cm³/mol. The van der Waals surface area contributed by atoms with Gasteiger partial charge < -0.3 is 4.74 Å². The zero-order valence-corrected chi connectivity index (χ0v) is 19.4. The van der Waals surface area contributed by atoms with Gasteiger partial charge in [0.15, 0.2) is 5.13 Å². The molecule has 2 aromatic heterocycles. The topological polar surface area (TPSA) is 123 Å². The monoisotopic (exact) mass is 477 g/mol. The van der Waals surface area contributed by atoms with E-state index in [-0.39, 0.29) is 17.4 Å². The first-order valence-corrected chi connectivity index (χ1v) is 12.0. The van der Waals surface area contributed by atoms with Crippen LogP contribution in [0.4, 0.5) is 10.8 Å². The first-order valence-electron chi connectivity index (χ1n) is 9.67. The molecular weight excluding hydrogens is 454 g/mol. The van der Waals surface area contributed by atoms with Gasteiger partial charge >= 0.3 is 5.97 Å². The van der Waals surface area contributed by atoms with Crippen LogP contribution in [-0.4, -0.2) is 41.6 Å². The summed E-state index contributed by atoms with van der Waals surface area (Å²) in [5, 5.41) is 5.92. The number of nitrogens with one attached hydrogen (secondary N) is 1. The van der Waals surface area contributed by atoms with Crippen molar-refractivity contribution in [1.82, 2.24) is 19.5 Å². The number of carbonyl (C=O) groups is 2. The maximum atomic E-state index is 12.2. The normalized spacial score (nSPS) is 11.3. The molecular formula is C20H23N5O5S2. The number of carbonyl (C=O) groups excluding carboxylic acids is 2.